The molecule has 0 amide bonds. The molecule has 18 heavy (non-hydrogen) atoms. The van der Waals surface area contributed by atoms with E-state index in [9.17, 15) is 8.42 Å². The molecular formula is C11H20N4O2S. The molecule has 0 aromatic carbocycles. The van der Waals surface area contributed by atoms with E-state index in [1.54, 1.807) is 7.05 Å². The predicted octanol–water partition coefficient (Wildman–Crippen LogP) is 0.562. The van der Waals surface area contributed by atoms with Gasteiger partial charge in [0.05, 0.1) is 12.5 Å². The third-order valence-corrected chi connectivity index (χ3v) is 5.15. The minimum atomic E-state index is -3.41. The second kappa shape index (κ2) is 5.81. The van der Waals surface area contributed by atoms with Crippen molar-refractivity contribution >= 4 is 10.0 Å². The Morgan fingerprint density at radius 2 is 2.33 bits per heavy atom. The van der Waals surface area contributed by atoms with Gasteiger partial charge in [-0.05, 0) is 25.8 Å². The van der Waals surface area contributed by atoms with Crippen LogP contribution >= 0.6 is 0 Å². The van der Waals surface area contributed by atoms with Crippen molar-refractivity contribution < 1.29 is 8.42 Å². The number of imidazole rings is 1. The van der Waals surface area contributed by atoms with Crippen molar-refractivity contribution in [1.29, 1.82) is 0 Å². The van der Waals surface area contributed by atoms with Crippen LogP contribution in [0.3, 0.4) is 0 Å². The Labute approximate surface area is 108 Å². The van der Waals surface area contributed by atoms with Crippen molar-refractivity contribution in [1.82, 2.24) is 19.6 Å². The fraction of sp³-hybridized carbons (Fsp3) is 0.727. The van der Waals surface area contributed by atoms with E-state index < -0.39 is 10.0 Å². The predicted molar refractivity (Wildman–Crippen MR) is 68.7 cm³/mol. The molecule has 1 saturated heterocycles. The first kappa shape index (κ1) is 13.5. The van der Waals surface area contributed by atoms with Crippen molar-refractivity contribution in [2.45, 2.75) is 36.8 Å². The van der Waals surface area contributed by atoms with E-state index in [1.807, 2.05) is 0 Å². The van der Waals surface area contributed by atoms with Crippen LogP contribution in [-0.4, -0.2) is 48.9 Å². The van der Waals surface area contributed by atoms with Crippen LogP contribution in [0.15, 0.2) is 17.6 Å². The average Bonchev–Trinajstić information content (AvgIpc) is 2.91. The number of rotatable bonds is 5. The topological polar surface area (TPSA) is 78.1 Å². The zero-order chi connectivity index (χ0) is 13.0. The Hall–Kier alpha value is -0.920. The highest BCUT2D eigenvalue weighted by atomic mass is 32.2. The summed E-state index contributed by atoms with van der Waals surface area (Å²) < 4.78 is 25.6. The summed E-state index contributed by atoms with van der Waals surface area (Å²) in [6, 6.07) is 0.443. The average molecular weight is 272 g/mol. The Kier molecular flexibility index (Phi) is 4.36. The minimum absolute atomic E-state index is 0.154. The summed E-state index contributed by atoms with van der Waals surface area (Å²) >= 11 is 0. The molecule has 1 aromatic rings. The molecule has 1 aliphatic rings. The number of aromatic amines is 1. The molecule has 2 heterocycles. The molecule has 2 rings (SSSR count). The van der Waals surface area contributed by atoms with Crippen LogP contribution in [0.2, 0.25) is 0 Å². The standard InChI is InChI=1S/C11H20N4O2S/c1-15(7-5-10-4-2-3-6-13-10)18(16,17)11-8-12-9-14-11/h8-10,13H,2-7H2,1H3,(H,12,14). The van der Waals surface area contributed by atoms with Crippen molar-refractivity contribution in [3.63, 3.8) is 0 Å². The minimum Gasteiger partial charge on any atom is -0.335 e. The van der Waals surface area contributed by atoms with Crippen LogP contribution in [0.25, 0.3) is 0 Å². The van der Waals surface area contributed by atoms with Crippen molar-refractivity contribution in [3.05, 3.63) is 12.5 Å². The fourth-order valence-electron chi connectivity index (χ4n) is 2.18. The molecule has 0 saturated carbocycles. The monoisotopic (exact) mass is 272 g/mol. The van der Waals surface area contributed by atoms with E-state index in [-0.39, 0.29) is 5.03 Å². The summed E-state index contributed by atoms with van der Waals surface area (Å²) in [5.74, 6) is 0. The fourth-order valence-corrected chi connectivity index (χ4v) is 3.26. The van der Waals surface area contributed by atoms with E-state index in [2.05, 4.69) is 15.3 Å². The van der Waals surface area contributed by atoms with Gasteiger partial charge in [0.2, 0.25) is 0 Å². The molecule has 6 nitrogen and oxygen atoms in total. The van der Waals surface area contributed by atoms with Crippen LogP contribution in [0, 0.1) is 0 Å². The lowest BCUT2D eigenvalue weighted by Crippen LogP contribution is -2.38. The Morgan fingerprint density at radius 3 is 2.94 bits per heavy atom. The van der Waals surface area contributed by atoms with Gasteiger partial charge in [-0.1, -0.05) is 6.42 Å². The quantitative estimate of drug-likeness (QED) is 0.821. The first-order chi connectivity index (χ1) is 8.60. The molecule has 1 atom stereocenters. The van der Waals surface area contributed by atoms with Gasteiger partial charge in [0.15, 0.2) is 5.03 Å². The molecule has 0 radical (unpaired) electrons. The van der Waals surface area contributed by atoms with Crippen LogP contribution in [-0.2, 0) is 10.0 Å². The number of nitrogens with one attached hydrogen (secondary N) is 2. The van der Waals surface area contributed by atoms with Crippen molar-refractivity contribution in [3.8, 4) is 0 Å². The smallest absolute Gasteiger partial charge is 0.259 e. The van der Waals surface area contributed by atoms with E-state index in [0.29, 0.717) is 12.6 Å². The molecule has 0 spiro atoms. The second-order valence-electron chi connectivity index (χ2n) is 4.68. The van der Waals surface area contributed by atoms with Gasteiger partial charge in [-0.2, -0.15) is 4.31 Å². The molecule has 1 fully saturated rings. The Bertz CT molecular complexity index is 451. The molecule has 0 bridgehead atoms. The molecule has 2 N–H and O–H groups in total. The Morgan fingerprint density at radius 1 is 1.50 bits per heavy atom. The molecule has 1 aliphatic heterocycles. The summed E-state index contributed by atoms with van der Waals surface area (Å²) in [6.45, 7) is 1.57. The zero-order valence-electron chi connectivity index (χ0n) is 10.6. The third-order valence-electron chi connectivity index (χ3n) is 3.37. The number of aromatic nitrogens is 2. The first-order valence-corrected chi connectivity index (χ1v) is 7.73. The zero-order valence-corrected chi connectivity index (χ0v) is 11.4. The largest absolute Gasteiger partial charge is 0.335 e. The summed E-state index contributed by atoms with van der Waals surface area (Å²) in [5, 5.41) is 3.57. The summed E-state index contributed by atoms with van der Waals surface area (Å²) in [4.78, 5) is 6.39. The molecule has 7 heteroatoms. The second-order valence-corrected chi connectivity index (χ2v) is 6.69. The van der Waals surface area contributed by atoms with Crippen LogP contribution < -0.4 is 5.32 Å². The van der Waals surface area contributed by atoms with Crippen molar-refractivity contribution in [2.24, 2.45) is 0 Å². The molecule has 1 aromatic heterocycles. The van der Waals surface area contributed by atoms with Gasteiger partial charge >= 0.3 is 0 Å². The van der Waals surface area contributed by atoms with Gasteiger partial charge in [0.25, 0.3) is 10.0 Å². The lowest BCUT2D eigenvalue weighted by molar-refractivity contribution is 0.351. The first-order valence-electron chi connectivity index (χ1n) is 6.29. The molecule has 102 valence electrons. The van der Waals surface area contributed by atoms with Crippen LogP contribution in [0.1, 0.15) is 25.7 Å². The number of hydrogen-bond acceptors (Lipinski definition) is 4. The van der Waals surface area contributed by atoms with E-state index in [1.165, 1.54) is 29.7 Å². The number of piperidine rings is 1. The lowest BCUT2D eigenvalue weighted by atomic mass is 10.0. The number of sulfonamides is 1. The molecule has 1 unspecified atom stereocenters. The van der Waals surface area contributed by atoms with Gasteiger partial charge in [0, 0.05) is 19.6 Å². The molecule has 0 aliphatic carbocycles. The number of hydrogen-bond donors (Lipinski definition) is 2. The van der Waals surface area contributed by atoms with E-state index in [4.69, 9.17) is 0 Å². The van der Waals surface area contributed by atoms with Gasteiger partial charge in [0.1, 0.15) is 0 Å². The normalized spacial score (nSPS) is 21.3. The van der Waals surface area contributed by atoms with Crippen molar-refractivity contribution in [2.75, 3.05) is 20.1 Å². The highest BCUT2D eigenvalue weighted by Crippen LogP contribution is 2.14. The SMILES string of the molecule is CN(CCC1CCCCN1)S(=O)(=O)c1cnc[nH]1. The lowest BCUT2D eigenvalue weighted by Gasteiger charge is -2.25. The highest BCUT2D eigenvalue weighted by Gasteiger charge is 2.23. The summed E-state index contributed by atoms with van der Waals surface area (Å²) in [5.41, 5.74) is 0. The van der Waals surface area contributed by atoms with Gasteiger partial charge in [-0.25, -0.2) is 13.4 Å². The maximum atomic E-state index is 12.1. The van der Waals surface area contributed by atoms with Crippen LogP contribution in [0.4, 0.5) is 0 Å². The Balaban J connectivity index is 1.89. The highest BCUT2D eigenvalue weighted by molar-refractivity contribution is 7.89. The summed E-state index contributed by atoms with van der Waals surface area (Å²) in [6.07, 6.45) is 7.16. The third kappa shape index (κ3) is 3.09. The van der Waals surface area contributed by atoms with Gasteiger partial charge < -0.3 is 10.3 Å². The maximum absolute atomic E-state index is 12.1. The van der Waals surface area contributed by atoms with Crippen LogP contribution in [0.5, 0.6) is 0 Å². The van der Waals surface area contributed by atoms with Gasteiger partial charge in [-0.15, -0.1) is 0 Å². The number of nitrogens with zero attached hydrogens (tertiary/aromatic N) is 2. The van der Waals surface area contributed by atoms with Gasteiger partial charge in [-0.3, -0.25) is 0 Å². The molecular weight excluding hydrogens is 252 g/mol. The van der Waals surface area contributed by atoms with E-state index in [0.717, 1.165) is 19.4 Å². The van der Waals surface area contributed by atoms with E-state index >= 15 is 0 Å². The maximum Gasteiger partial charge on any atom is 0.259 e. The number of H-pyrrole nitrogens is 1. The summed E-state index contributed by atoms with van der Waals surface area (Å²) in [7, 11) is -1.80.